The fourth-order valence-corrected chi connectivity index (χ4v) is 16.4. The van der Waals surface area contributed by atoms with Gasteiger partial charge >= 0.3 is 34.2 Å². The molecule has 4 N–H and O–H groups in total. The average molecular weight is 559 g/mol. The molecule has 0 aliphatic carbocycles. The lowest BCUT2D eigenvalue weighted by molar-refractivity contribution is 0.165. The molecule has 196 valence electrons. The highest BCUT2D eigenvalue weighted by molar-refractivity contribution is 6.82. The van der Waals surface area contributed by atoms with Crippen LogP contribution in [0.4, 0.5) is 0 Å². The van der Waals surface area contributed by atoms with Crippen molar-refractivity contribution in [3.63, 3.8) is 0 Å². The second kappa shape index (κ2) is 9.59. The van der Waals surface area contributed by atoms with Crippen LogP contribution in [-0.4, -0.2) is 78.1 Å². The summed E-state index contributed by atoms with van der Waals surface area (Å²) in [5.74, 6) is 0. The van der Waals surface area contributed by atoms with E-state index in [4.69, 9.17) is 17.9 Å². The molecule has 0 fully saturated rings. The van der Waals surface area contributed by atoms with Gasteiger partial charge in [-0.05, 0) is 76.7 Å². The predicted molar refractivity (Wildman–Crippen MR) is 142 cm³/mol. The first-order chi connectivity index (χ1) is 15.8. The zero-order valence-corrected chi connectivity index (χ0v) is 26.0. The van der Waals surface area contributed by atoms with E-state index in [1.54, 1.807) is 39.3 Å². The van der Waals surface area contributed by atoms with Gasteiger partial charge < -0.3 is 37.1 Å². The van der Waals surface area contributed by atoms with Crippen LogP contribution in [0.25, 0.3) is 0 Å². The van der Waals surface area contributed by atoms with Crippen LogP contribution in [0, 0.1) is 20.8 Å². The first-order valence-corrected chi connectivity index (χ1v) is 22.2. The Bertz CT molecular complexity index is 969. The smallest absolute Gasteiger partial charge is 0.336 e. The summed E-state index contributed by atoms with van der Waals surface area (Å²) in [5, 5.41) is 8.60. The fraction of sp³-hybridized carbons (Fsp3) is 0.619. The monoisotopic (exact) mass is 558 g/mol. The minimum Gasteiger partial charge on any atom is -0.415 e. The van der Waals surface area contributed by atoms with E-state index in [0.717, 1.165) is 27.8 Å². The molecule has 3 rings (SSSR count). The number of hydrogen-bond donors (Lipinski definition) is 4. The largest absolute Gasteiger partial charge is 0.415 e. The summed E-state index contributed by atoms with van der Waals surface area (Å²) in [6.45, 7) is 16.0. The van der Waals surface area contributed by atoms with Gasteiger partial charge in [0, 0.05) is 11.1 Å². The van der Waals surface area contributed by atoms with E-state index in [2.05, 4.69) is 10.3 Å². The zero-order chi connectivity index (χ0) is 26.6. The van der Waals surface area contributed by atoms with Gasteiger partial charge in [-0.25, -0.2) is 0 Å². The van der Waals surface area contributed by atoms with Gasteiger partial charge in [0.1, 0.15) is 13.2 Å². The van der Waals surface area contributed by atoms with Crippen LogP contribution in [0.3, 0.4) is 0 Å². The lowest BCUT2D eigenvalue weighted by Gasteiger charge is -2.33. The maximum atomic E-state index is 11.3. The maximum Gasteiger partial charge on any atom is 0.336 e. The molecule has 1 aromatic rings. The third-order valence-electron chi connectivity index (χ3n) is 6.16. The second-order valence-electron chi connectivity index (χ2n) is 10.7. The van der Waals surface area contributed by atoms with E-state index in [1.165, 1.54) is 0 Å². The van der Waals surface area contributed by atoms with Crippen LogP contribution in [0.15, 0.2) is 16.4 Å². The van der Waals surface area contributed by atoms with Crippen LogP contribution < -0.4 is 0 Å². The highest BCUT2D eigenvalue weighted by Crippen LogP contribution is 2.39. The molecule has 4 unspecified atom stereocenters. The summed E-state index contributed by atoms with van der Waals surface area (Å²) in [6, 6.07) is 2.01. The number of hydrogen-bond acceptors (Lipinski definition) is 10. The van der Waals surface area contributed by atoms with Crippen molar-refractivity contribution in [3.8, 4) is 0 Å². The maximum absolute atomic E-state index is 11.3. The van der Waals surface area contributed by atoms with Crippen molar-refractivity contribution in [1.82, 2.24) is 0 Å². The zero-order valence-electron chi connectivity index (χ0n) is 22.0. The number of oxime groups is 2. The van der Waals surface area contributed by atoms with Crippen LogP contribution in [0.2, 0.25) is 50.4 Å². The Labute approximate surface area is 211 Å². The first-order valence-electron chi connectivity index (χ1n) is 11.6. The van der Waals surface area contributed by atoms with E-state index in [1.807, 2.05) is 26.8 Å². The highest BCUT2D eigenvalue weighted by Gasteiger charge is 2.51. The Hall–Kier alpha value is -1.21. The molecule has 0 amide bonds. The summed E-state index contributed by atoms with van der Waals surface area (Å²) in [5.41, 5.74) is 4.56. The molecule has 0 spiro atoms. The lowest BCUT2D eigenvalue weighted by atomic mass is 9.87. The number of benzene rings is 1. The molecule has 0 saturated carbocycles. The van der Waals surface area contributed by atoms with Crippen LogP contribution in [0.1, 0.15) is 27.8 Å². The van der Waals surface area contributed by atoms with Gasteiger partial charge in [0.15, 0.2) is 0 Å². The second-order valence-corrected chi connectivity index (χ2v) is 23.8. The highest BCUT2D eigenvalue weighted by atomic mass is 28.5. The Morgan fingerprint density at radius 2 is 1.06 bits per heavy atom. The average Bonchev–Trinajstić information content (AvgIpc) is 3.27. The van der Waals surface area contributed by atoms with E-state index in [0.29, 0.717) is 11.4 Å². The van der Waals surface area contributed by atoms with Crippen LogP contribution in [0.5, 0.6) is 0 Å². The standard InChI is InChI=1S/C21H38N2O8Si4/c1-13-10-14(2)19(21-17(12-29-23-21)35(9,27)31-33(6,7)25)15(3)18(13)20-16(11-28-22-20)34(8,26)30-32(4,5)24/h10,16-17,24-27H,11-12H2,1-9H3. The van der Waals surface area contributed by atoms with Crippen molar-refractivity contribution in [2.45, 2.75) is 71.1 Å². The summed E-state index contributed by atoms with van der Waals surface area (Å²) >= 11 is 0. The van der Waals surface area contributed by atoms with Gasteiger partial charge in [-0.15, -0.1) is 0 Å². The van der Waals surface area contributed by atoms with Crippen molar-refractivity contribution >= 4 is 45.7 Å². The fourth-order valence-electron chi connectivity index (χ4n) is 5.03. The van der Waals surface area contributed by atoms with Gasteiger partial charge in [-0.2, -0.15) is 0 Å². The van der Waals surface area contributed by atoms with Gasteiger partial charge in [-0.3, -0.25) is 0 Å². The van der Waals surface area contributed by atoms with Gasteiger partial charge in [-0.1, -0.05) is 16.4 Å². The van der Waals surface area contributed by atoms with Crippen molar-refractivity contribution in [3.05, 3.63) is 33.9 Å². The molecular formula is C21H38N2O8Si4. The van der Waals surface area contributed by atoms with Gasteiger partial charge in [0.25, 0.3) is 0 Å². The minimum absolute atomic E-state index is 0.166. The van der Waals surface area contributed by atoms with Crippen molar-refractivity contribution < 1.29 is 37.1 Å². The van der Waals surface area contributed by atoms with Crippen molar-refractivity contribution in [2.24, 2.45) is 10.3 Å². The Balaban J connectivity index is 2.08. The molecule has 4 atom stereocenters. The summed E-state index contributed by atoms with van der Waals surface area (Å²) in [7, 11) is -12.8. The topological polar surface area (TPSA) is 143 Å². The SMILES string of the molecule is Cc1cc(C)c(C2=NOCC2[Si](C)(O)O[Si](C)(C)O)c(C)c1C1=NOCC1[Si](C)(O)O[Si](C)(C)O. The summed E-state index contributed by atoms with van der Waals surface area (Å²) in [4.78, 5) is 54.1. The molecule has 2 aliphatic heterocycles. The molecule has 0 radical (unpaired) electrons. The normalized spacial score (nSPS) is 24.3. The molecule has 2 aliphatic rings. The molecule has 1 aromatic carbocycles. The van der Waals surface area contributed by atoms with Gasteiger partial charge in [0.05, 0.1) is 22.5 Å². The molecule has 0 saturated heterocycles. The minimum atomic E-state index is -3.41. The van der Waals surface area contributed by atoms with Crippen molar-refractivity contribution in [2.75, 3.05) is 13.2 Å². The van der Waals surface area contributed by atoms with Crippen molar-refractivity contribution in [1.29, 1.82) is 0 Å². The van der Waals surface area contributed by atoms with E-state index in [-0.39, 0.29) is 13.2 Å². The lowest BCUT2D eigenvalue weighted by Crippen LogP contribution is -2.52. The Kier molecular flexibility index (Phi) is 7.77. The molecule has 14 heteroatoms. The number of aryl methyl sites for hydroxylation is 2. The third kappa shape index (κ3) is 6.20. The molecular weight excluding hydrogens is 521 g/mol. The molecule has 35 heavy (non-hydrogen) atoms. The Morgan fingerprint density at radius 3 is 1.37 bits per heavy atom. The van der Waals surface area contributed by atoms with Crippen LogP contribution in [-0.2, 0) is 17.9 Å². The van der Waals surface area contributed by atoms with E-state index in [9.17, 15) is 19.2 Å². The molecule has 0 aromatic heterocycles. The Morgan fingerprint density at radius 1 is 0.714 bits per heavy atom. The predicted octanol–water partition coefficient (Wildman–Crippen LogP) is 2.37. The first kappa shape index (κ1) is 28.4. The van der Waals surface area contributed by atoms with E-state index >= 15 is 0 Å². The number of nitrogens with zero attached hydrogens (tertiary/aromatic N) is 2. The number of rotatable bonds is 8. The molecule has 2 heterocycles. The quantitative estimate of drug-likeness (QED) is 0.356. The van der Waals surface area contributed by atoms with Crippen LogP contribution >= 0.6 is 0 Å². The molecule has 0 bridgehead atoms. The summed E-state index contributed by atoms with van der Waals surface area (Å²) in [6.07, 6.45) is 0. The summed E-state index contributed by atoms with van der Waals surface area (Å²) < 4.78 is 11.6. The van der Waals surface area contributed by atoms with E-state index < -0.39 is 45.3 Å². The van der Waals surface area contributed by atoms with Gasteiger partial charge in [0.2, 0.25) is 0 Å². The molecule has 10 nitrogen and oxygen atoms in total. The third-order valence-corrected chi connectivity index (χ3v) is 16.9.